The third-order valence-corrected chi connectivity index (χ3v) is 5.06. The Morgan fingerprint density at radius 3 is 1.27 bits per heavy atom. The molecule has 0 heterocycles. The zero-order valence-electron chi connectivity index (χ0n) is 16.3. The molecular formula is C22H20B2Cl2N2O2. The van der Waals surface area contributed by atoms with Gasteiger partial charge in [0, 0.05) is 23.1 Å². The van der Waals surface area contributed by atoms with Crippen LogP contribution in [0.2, 0.25) is 10.0 Å². The predicted molar refractivity (Wildman–Crippen MR) is 127 cm³/mol. The molecule has 0 aliphatic carbocycles. The maximum Gasteiger partial charge on any atom is 0.267 e. The molecule has 3 aromatic carbocycles. The van der Waals surface area contributed by atoms with E-state index < -0.39 is 0 Å². The van der Waals surface area contributed by atoms with Crippen molar-refractivity contribution in [1.29, 1.82) is 0 Å². The highest BCUT2D eigenvalue weighted by atomic mass is 35.5. The summed E-state index contributed by atoms with van der Waals surface area (Å²) in [4.78, 5) is 24.2. The van der Waals surface area contributed by atoms with Crippen molar-refractivity contribution in [3.05, 3.63) is 94.0 Å². The monoisotopic (exact) mass is 436 g/mol. The van der Waals surface area contributed by atoms with E-state index in [9.17, 15) is 9.59 Å². The van der Waals surface area contributed by atoms with Crippen molar-refractivity contribution in [2.45, 2.75) is 13.1 Å². The van der Waals surface area contributed by atoms with Crippen molar-refractivity contribution in [2.24, 2.45) is 0 Å². The minimum atomic E-state index is -0.0455. The second-order valence-electron chi connectivity index (χ2n) is 6.98. The first kappa shape index (κ1) is 22.0. The van der Waals surface area contributed by atoms with Crippen LogP contribution < -0.4 is 21.6 Å². The Morgan fingerprint density at radius 1 is 0.600 bits per heavy atom. The van der Waals surface area contributed by atoms with Crippen LogP contribution in [0, 0.1) is 0 Å². The van der Waals surface area contributed by atoms with Gasteiger partial charge in [0.05, 0.1) is 0 Å². The fraction of sp³-hybridized carbons (Fsp3) is 0.0909. The molecule has 3 aromatic rings. The Kier molecular flexibility index (Phi) is 8.00. The fourth-order valence-electron chi connectivity index (χ4n) is 2.88. The highest BCUT2D eigenvalue weighted by Crippen LogP contribution is 2.06. The van der Waals surface area contributed by atoms with E-state index in [4.69, 9.17) is 23.2 Å². The second-order valence-corrected chi connectivity index (χ2v) is 7.85. The average molecular weight is 437 g/mol. The van der Waals surface area contributed by atoms with E-state index in [1.807, 2.05) is 48.5 Å². The highest BCUT2D eigenvalue weighted by molar-refractivity contribution is 6.84. The van der Waals surface area contributed by atoms with E-state index in [0.29, 0.717) is 37.7 Å². The molecular weight excluding hydrogens is 417 g/mol. The van der Waals surface area contributed by atoms with E-state index in [-0.39, 0.29) is 11.6 Å². The molecule has 2 amide bonds. The first-order valence-corrected chi connectivity index (χ1v) is 10.3. The second kappa shape index (κ2) is 10.9. The lowest BCUT2D eigenvalue weighted by Gasteiger charge is -2.08. The van der Waals surface area contributed by atoms with Gasteiger partial charge in [0.25, 0.3) is 14.6 Å². The molecule has 0 aromatic heterocycles. The Hall–Kier alpha value is -2.69. The first-order valence-electron chi connectivity index (χ1n) is 9.58. The summed E-state index contributed by atoms with van der Waals surface area (Å²) in [7, 11) is 0.629. The molecule has 8 heteroatoms. The quantitative estimate of drug-likeness (QED) is 0.533. The number of rotatable bonds is 8. The van der Waals surface area contributed by atoms with Gasteiger partial charge in [-0.2, -0.15) is 0 Å². The summed E-state index contributed by atoms with van der Waals surface area (Å²) in [6, 6.07) is 22.3. The van der Waals surface area contributed by atoms with Crippen molar-refractivity contribution in [1.82, 2.24) is 10.6 Å². The lowest BCUT2D eigenvalue weighted by atomic mass is 9.69. The Labute approximate surface area is 187 Å². The van der Waals surface area contributed by atoms with Gasteiger partial charge in [0.15, 0.2) is 11.6 Å². The van der Waals surface area contributed by atoms with Gasteiger partial charge in [-0.3, -0.25) is 9.59 Å². The van der Waals surface area contributed by atoms with Crippen LogP contribution in [0.15, 0.2) is 72.8 Å². The molecule has 0 radical (unpaired) electrons. The molecule has 2 N–H and O–H groups in total. The van der Waals surface area contributed by atoms with Crippen LogP contribution in [0.3, 0.4) is 0 Å². The van der Waals surface area contributed by atoms with Gasteiger partial charge < -0.3 is 10.6 Å². The molecule has 4 nitrogen and oxygen atoms in total. The van der Waals surface area contributed by atoms with Crippen LogP contribution in [-0.2, 0) is 13.1 Å². The normalized spacial score (nSPS) is 10.2. The minimum absolute atomic E-state index is 0.0455. The highest BCUT2D eigenvalue weighted by Gasteiger charge is 2.08. The van der Waals surface area contributed by atoms with E-state index in [1.165, 1.54) is 0 Å². The number of halogens is 2. The van der Waals surface area contributed by atoms with Gasteiger partial charge in [0.1, 0.15) is 0 Å². The van der Waals surface area contributed by atoms with Crippen LogP contribution >= 0.6 is 23.2 Å². The standard InChI is InChI=1S/C22H20B2Cl2N2O2/c25-19-9-5-17(6-10-19)23-21(29)27-13-15-1-2-16(4-3-15)14-28-22(30)24-18-7-11-20(26)12-8-18/h1-12,23-24H,13-14H2,(H,27,29)(H,28,30). The van der Waals surface area contributed by atoms with Crippen LogP contribution in [0.5, 0.6) is 0 Å². The molecule has 0 fully saturated rings. The molecule has 0 aliphatic rings. The summed E-state index contributed by atoms with van der Waals surface area (Å²) in [6.07, 6.45) is 0. The van der Waals surface area contributed by atoms with E-state index >= 15 is 0 Å². The van der Waals surface area contributed by atoms with Crippen LogP contribution in [0.1, 0.15) is 11.1 Å². The maximum atomic E-state index is 12.1. The fourth-order valence-corrected chi connectivity index (χ4v) is 3.13. The summed E-state index contributed by atoms with van der Waals surface area (Å²) in [5.41, 5.74) is 3.83. The van der Waals surface area contributed by atoms with E-state index in [2.05, 4.69) is 10.6 Å². The number of carbonyl (C=O) groups is 2. The van der Waals surface area contributed by atoms with Crippen LogP contribution in [0.25, 0.3) is 0 Å². The average Bonchev–Trinajstić information content (AvgIpc) is 2.75. The largest absolute Gasteiger partial charge is 0.361 e. The molecule has 0 atom stereocenters. The third-order valence-electron chi connectivity index (χ3n) is 4.56. The molecule has 3 rings (SSSR count). The zero-order valence-corrected chi connectivity index (χ0v) is 17.8. The number of nitrogens with one attached hydrogen (secondary N) is 2. The van der Waals surface area contributed by atoms with Crippen molar-refractivity contribution < 1.29 is 9.59 Å². The number of carbonyl (C=O) groups excluding carboxylic acids is 2. The molecule has 0 bridgehead atoms. The first-order chi connectivity index (χ1) is 14.5. The summed E-state index contributed by atoms with van der Waals surface area (Å²) >= 11 is 11.7. The SMILES string of the molecule is O=C(Bc1ccc(Cl)cc1)NCc1ccc(CNC(=O)Bc2ccc(Cl)cc2)cc1. The molecule has 0 aliphatic heterocycles. The van der Waals surface area contributed by atoms with Crippen LogP contribution in [-0.4, -0.2) is 26.2 Å². The van der Waals surface area contributed by atoms with E-state index in [0.717, 1.165) is 22.1 Å². The van der Waals surface area contributed by atoms with Gasteiger partial charge >= 0.3 is 0 Å². The van der Waals surface area contributed by atoms with Crippen molar-refractivity contribution in [3.63, 3.8) is 0 Å². The zero-order chi connectivity index (χ0) is 21.3. The Balaban J connectivity index is 1.40. The summed E-state index contributed by atoms with van der Waals surface area (Å²) in [5, 5.41) is 7.13. The molecule has 0 unspecified atom stereocenters. The van der Waals surface area contributed by atoms with E-state index in [1.54, 1.807) is 24.3 Å². The van der Waals surface area contributed by atoms with Gasteiger partial charge in [-0.05, 0) is 35.4 Å². The lowest BCUT2D eigenvalue weighted by Crippen LogP contribution is -2.33. The summed E-state index contributed by atoms with van der Waals surface area (Å²) in [5.74, 6) is -0.0910. The number of hydrogen-bond acceptors (Lipinski definition) is 2. The van der Waals surface area contributed by atoms with Gasteiger partial charge in [-0.1, -0.05) is 82.7 Å². The summed E-state index contributed by atoms with van der Waals surface area (Å²) < 4.78 is 0. The van der Waals surface area contributed by atoms with Crippen molar-refractivity contribution in [2.75, 3.05) is 0 Å². The molecule has 30 heavy (non-hydrogen) atoms. The smallest absolute Gasteiger partial charge is 0.267 e. The minimum Gasteiger partial charge on any atom is -0.361 e. The number of amides is 2. The Bertz CT molecular complexity index is 913. The van der Waals surface area contributed by atoms with Gasteiger partial charge in [0.2, 0.25) is 0 Å². The van der Waals surface area contributed by atoms with Gasteiger partial charge in [-0.15, -0.1) is 0 Å². The van der Waals surface area contributed by atoms with Gasteiger partial charge in [-0.25, -0.2) is 0 Å². The van der Waals surface area contributed by atoms with Crippen molar-refractivity contribution in [3.8, 4) is 0 Å². The van der Waals surface area contributed by atoms with Crippen LogP contribution in [0.4, 0.5) is 9.59 Å². The topological polar surface area (TPSA) is 58.2 Å². The maximum absolute atomic E-state index is 12.1. The molecule has 0 saturated heterocycles. The predicted octanol–water partition coefficient (Wildman–Crippen LogP) is 2.94. The Morgan fingerprint density at radius 2 is 0.933 bits per heavy atom. The third kappa shape index (κ3) is 7.29. The molecule has 0 saturated carbocycles. The number of hydrogen-bond donors (Lipinski definition) is 2. The summed E-state index contributed by atoms with van der Waals surface area (Å²) in [6.45, 7) is 0.908. The number of benzene rings is 3. The molecule has 150 valence electrons. The van der Waals surface area contributed by atoms with Crippen molar-refractivity contribution >= 4 is 60.3 Å². The molecule has 0 spiro atoms. The lowest BCUT2D eigenvalue weighted by molar-refractivity contribution is 0.258.